The Labute approximate surface area is 132 Å². The Kier molecular flexibility index (Phi) is 6.37. The minimum absolute atomic E-state index is 0.142. The van der Waals surface area contributed by atoms with E-state index in [9.17, 15) is 13.2 Å². The van der Waals surface area contributed by atoms with E-state index in [-0.39, 0.29) is 29.8 Å². The number of hydrogen-bond donors (Lipinski definition) is 2. The lowest BCUT2D eigenvalue weighted by atomic mass is 10.0. The molecule has 1 aromatic carbocycles. The van der Waals surface area contributed by atoms with Crippen molar-refractivity contribution in [2.75, 3.05) is 20.2 Å². The van der Waals surface area contributed by atoms with Gasteiger partial charge in [-0.3, -0.25) is 4.79 Å². The zero-order chi connectivity index (χ0) is 16.9. The summed E-state index contributed by atoms with van der Waals surface area (Å²) in [6.07, 6.45) is 0. The lowest BCUT2D eigenvalue weighted by Crippen LogP contribution is -2.34. The molecule has 124 valence electrons. The summed E-state index contributed by atoms with van der Waals surface area (Å²) < 4.78 is 32.6. The molecule has 0 heterocycles. The molecule has 0 fully saturated rings. The van der Waals surface area contributed by atoms with Gasteiger partial charge in [0.15, 0.2) is 0 Å². The second-order valence-electron chi connectivity index (χ2n) is 5.40. The number of methoxy groups -OCH3 is 1. The van der Waals surface area contributed by atoms with E-state index in [1.165, 1.54) is 6.92 Å². The van der Waals surface area contributed by atoms with Crippen LogP contribution in [0.1, 0.15) is 37.8 Å². The molecule has 0 saturated carbocycles. The molecule has 0 aromatic heterocycles. The lowest BCUT2D eigenvalue weighted by molar-refractivity contribution is -0.118. The number of carbonyl (C=O) groups is 1. The van der Waals surface area contributed by atoms with Gasteiger partial charge in [-0.1, -0.05) is 13.8 Å². The van der Waals surface area contributed by atoms with Crippen molar-refractivity contribution in [2.45, 2.75) is 38.5 Å². The van der Waals surface area contributed by atoms with Crippen molar-refractivity contribution in [1.82, 2.24) is 10.0 Å². The molecular formula is C15H24N2O4S. The summed E-state index contributed by atoms with van der Waals surface area (Å²) in [4.78, 5) is 11.0. The third-order valence-electron chi connectivity index (χ3n) is 3.23. The molecular weight excluding hydrogens is 304 g/mol. The van der Waals surface area contributed by atoms with Gasteiger partial charge in [-0.15, -0.1) is 0 Å². The number of benzene rings is 1. The van der Waals surface area contributed by atoms with E-state index in [1.54, 1.807) is 26.2 Å². The summed E-state index contributed by atoms with van der Waals surface area (Å²) in [5, 5.41) is 2.55. The average molecular weight is 328 g/mol. The molecule has 0 aliphatic carbocycles. The minimum Gasteiger partial charge on any atom is -0.496 e. The van der Waals surface area contributed by atoms with Gasteiger partial charge in [-0.05, 0) is 36.1 Å². The van der Waals surface area contributed by atoms with E-state index in [0.29, 0.717) is 11.3 Å². The summed E-state index contributed by atoms with van der Waals surface area (Å²) in [5.74, 6) is 0.635. The second kappa shape index (κ2) is 7.60. The molecule has 2 N–H and O–H groups in total. The van der Waals surface area contributed by atoms with Crippen LogP contribution in [0.3, 0.4) is 0 Å². The van der Waals surface area contributed by atoms with Crippen molar-refractivity contribution in [3.8, 4) is 5.75 Å². The molecule has 1 amide bonds. The lowest BCUT2D eigenvalue weighted by Gasteiger charge is -2.16. The fraction of sp³-hybridized carbons (Fsp3) is 0.533. The number of amides is 1. The van der Waals surface area contributed by atoms with E-state index >= 15 is 0 Å². The number of carbonyl (C=O) groups excluding carboxylic acids is 1. The van der Waals surface area contributed by atoms with Crippen LogP contribution in [0.5, 0.6) is 5.75 Å². The van der Waals surface area contributed by atoms with E-state index in [0.717, 1.165) is 5.56 Å². The normalized spacial score (nSPS) is 11.5. The quantitative estimate of drug-likeness (QED) is 0.744. The topological polar surface area (TPSA) is 84.5 Å². The summed E-state index contributed by atoms with van der Waals surface area (Å²) in [6.45, 7) is 7.47. The van der Waals surface area contributed by atoms with Crippen molar-refractivity contribution < 1.29 is 17.9 Å². The van der Waals surface area contributed by atoms with Gasteiger partial charge in [0.1, 0.15) is 5.75 Å². The molecule has 6 nitrogen and oxygen atoms in total. The molecule has 0 saturated heterocycles. The summed E-state index contributed by atoms with van der Waals surface area (Å²) >= 11 is 0. The maximum Gasteiger partial charge on any atom is 0.240 e. The molecule has 0 aliphatic heterocycles. The Morgan fingerprint density at radius 3 is 2.41 bits per heavy atom. The first-order valence-corrected chi connectivity index (χ1v) is 8.60. The third-order valence-corrected chi connectivity index (χ3v) is 4.83. The maximum atomic E-state index is 12.4. The average Bonchev–Trinajstić information content (AvgIpc) is 2.42. The highest BCUT2D eigenvalue weighted by atomic mass is 32.2. The Hall–Kier alpha value is -1.60. The summed E-state index contributed by atoms with van der Waals surface area (Å²) in [5.41, 5.74) is 1.46. The third kappa shape index (κ3) is 4.71. The smallest absolute Gasteiger partial charge is 0.240 e. The van der Waals surface area contributed by atoms with Crippen LogP contribution in [0.15, 0.2) is 17.0 Å². The van der Waals surface area contributed by atoms with Crippen LogP contribution in [0.25, 0.3) is 0 Å². The van der Waals surface area contributed by atoms with Gasteiger partial charge in [0, 0.05) is 20.0 Å². The van der Waals surface area contributed by atoms with Crippen LogP contribution in [0.4, 0.5) is 0 Å². The number of ether oxygens (including phenoxy) is 1. The van der Waals surface area contributed by atoms with Crippen molar-refractivity contribution in [2.24, 2.45) is 0 Å². The molecule has 0 spiro atoms. The SMILES string of the molecule is COc1cc(C)c(S(=O)(=O)NCCNC(C)=O)cc1C(C)C. The van der Waals surface area contributed by atoms with Crippen molar-refractivity contribution in [3.63, 3.8) is 0 Å². The molecule has 1 aromatic rings. The number of hydrogen-bond acceptors (Lipinski definition) is 4. The fourth-order valence-electron chi connectivity index (χ4n) is 2.10. The number of aryl methyl sites for hydroxylation is 1. The first-order chi connectivity index (χ1) is 10.2. The van der Waals surface area contributed by atoms with E-state index in [4.69, 9.17) is 4.74 Å². The Morgan fingerprint density at radius 1 is 1.27 bits per heavy atom. The molecule has 0 bridgehead atoms. The Bertz CT molecular complexity index is 639. The fourth-order valence-corrected chi connectivity index (χ4v) is 3.39. The number of rotatable bonds is 7. The van der Waals surface area contributed by atoms with Crippen LogP contribution >= 0.6 is 0 Å². The van der Waals surface area contributed by atoms with Crippen molar-refractivity contribution >= 4 is 15.9 Å². The molecule has 7 heteroatoms. The highest BCUT2D eigenvalue weighted by Crippen LogP contribution is 2.31. The van der Waals surface area contributed by atoms with Gasteiger partial charge < -0.3 is 10.1 Å². The molecule has 0 unspecified atom stereocenters. The van der Waals surface area contributed by atoms with Gasteiger partial charge in [-0.2, -0.15) is 0 Å². The zero-order valence-corrected chi connectivity index (χ0v) is 14.5. The predicted molar refractivity (Wildman–Crippen MR) is 85.7 cm³/mol. The van der Waals surface area contributed by atoms with Gasteiger partial charge in [0.25, 0.3) is 0 Å². The van der Waals surface area contributed by atoms with Crippen LogP contribution in [-0.2, 0) is 14.8 Å². The molecule has 1 rings (SSSR count). The minimum atomic E-state index is -3.63. The van der Waals surface area contributed by atoms with Crippen LogP contribution in [0.2, 0.25) is 0 Å². The van der Waals surface area contributed by atoms with Gasteiger partial charge in [0.05, 0.1) is 12.0 Å². The molecule has 22 heavy (non-hydrogen) atoms. The molecule has 0 atom stereocenters. The summed E-state index contributed by atoms with van der Waals surface area (Å²) in [6, 6.07) is 3.39. The van der Waals surface area contributed by atoms with Crippen LogP contribution in [0, 0.1) is 6.92 Å². The van der Waals surface area contributed by atoms with Crippen molar-refractivity contribution in [1.29, 1.82) is 0 Å². The maximum absolute atomic E-state index is 12.4. The van der Waals surface area contributed by atoms with Gasteiger partial charge in [-0.25, -0.2) is 13.1 Å². The number of nitrogens with one attached hydrogen (secondary N) is 2. The van der Waals surface area contributed by atoms with E-state index in [2.05, 4.69) is 10.0 Å². The Balaban J connectivity index is 3.03. The largest absolute Gasteiger partial charge is 0.496 e. The van der Waals surface area contributed by atoms with Crippen LogP contribution < -0.4 is 14.8 Å². The zero-order valence-electron chi connectivity index (χ0n) is 13.7. The first-order valence-electron chi connectivity index (χ1n) is 7.11. The van der Waals surface area contributed by atoms with E-state index in [1.807, 2.05) is 13.8 Å². The van der Waals surface area contributed by atoms with Gasteiger partial charge in [0.2, 0.25) is 15.9 Å². The van der Waals surface area contributed by atoms with Crippen LogP contribution in [-0.4, -0.2) is 34.5 Å². The van der Waals surface area contributed by atoms with E-state index < -0.39 is 10.0 Å². The predicted octanol–water partition coefficient (Wildman–Crippen LogP) is 1.54. The first kappa shape index (κ1) is 18.4. The standard InChI is InChI=1S/C15H24N2O4S/c1-10(2)13-9-15(11(3)8-14(13)21-5)22(19,20)17-7-6-16-12(4)18/h8-10,17H,6-7H2,1-5H3,(H,16,18). The molecule has 0 aliphatic rings. The Morgan fingerprint density at radius 2 is 1.91 bits per heavy atom. The second-order valence-corrected chi connectivity index (χ2v) is 7.13. The highest BCUT2D eigenvalue weighted by Gasteiger charge is 2.20. The van der Waals surface area contributed by atoms with Crippen molar-refractivity contribution in [3.05, 3.63) is 23.3 Å². The monoisotopic (exact) mass is 328 g/mol. The highest BCUT2D eigenvalue weighted by molar-refractivity contribution is 7.89. The summed E-state index contributed by atoms with van der Waals surface area (Å²) in [7, 11) is -2.06. The number of sulfonamides is 1. The molecule has 0 radical (unpaired) electrons. The van der Waals surface area contributed by atoms with Gasteiger partial charge >= 0.3 is 0 Å².